The van der Waals surface area contributed by atoms with Crippen LogP contribution in [0, 0.1) is 0 Å². The summed E-state index contributed by atoms with van der Waals surface area (Å²) in [5.74, 6) is -0.493. The van der Waals surface area contributed by atoms with Crippen LogP contribution in [-0.4, -0.2) is 23.4 Å². The second kappa shape index (κ2) is 8.67. The van der Waals surface area contributed by atoms with Crippen molar-refractivity contribution in [1.82, 2.24) is 0 Å². The maximum atomic E-state index is 10.9. The molecule has 1 atom stereocenters. The predicted molar refractivity (Wildman–Crippen MR) is 107 cm³/mol. The molecule has 3 aromatic carbocycles. The van der Waals surface area contributed by atoms with Crippen LogP contribution in [-0.2, 0) is 4.79 Å². The summed E-state index contributed by atoms with van der Waals surface area (Å²) in [6.07, 6.45) is 0.862. The number of hydrogen-bond acceptors (Lipinski definition) is 4. The zero-order valence-corrected chi connectivity index (χ0v) is 14.9. The molecule has 5 nitrogen and oxygen atoms in total. The Balaban J connectivity index is 1.80. The fourth-order valence-electron chi connectivity index (χ4n) is 2.43. The third kappa shape index (κ3) is 4.95. The number of aliphatic carboxylic acids is 1. The Labute approximate surface area is 158 Å². The van der Waals surface area contributed by atoms with Crippen molar-refractivity contribution in [2.24, 2.45) is 5.10 Å². The van der Waals surface area contributed by atoms with E-state index in [9.17, 15) is 4.79 Å². The molecule has 0 saturated carbocycles. The first-order valence-electron chi connectivity index (χ1n) is 8.57. The Morgan fingerprint density at radius 2 is 1.44 bits per heavy atom. The molecule has 1 N–H and O–H groups in total. The summed E-state index contributed by atoms with van der Waals surface area (Å²) < 4.78 is 5.34. The minimum Gasteiger partial charge on any atom is -0.479 e. The molecule has 0 aliphatic carbocycles. The van der Waals surface area contributed by atoms with Gasteiger partial charge in [-0.3, -0.25) is 0 Å². The number of rotatable bonds is 7. The summed E-state index contributed by atoms with van der Waals surface area (Å²) >= 11 is 0. The highest BCUT2D eigenvalue weighted by molar-refractivity contribution is 5.82. The van der Waals surface area contributed by atoms with Crippen LogP contribution in [0.3, 0.4) is 0 Å². The molecule has 0 fully saturated rings. The number of nitrogens with zero attached hydrogens (tertiary/aromatic N) is 2. The van der Waals surface area contributed by atoms with Crippen LogP contribution in [0.5, 0.6) is 5.75 Å². The average molecular weight is 360 g/mol. The number of para-hydroxylation sites is 2. The van der Waals surface area contributed by atoms with Crippen LogP contribution >= 0.6 is 0 Å². The van der Waals surface area contributed by atoms with Gasteiger partial charge in [-0.1, -0.05) is 36.4 Å². The van der Waals surface area contributed by atoms with Gasteiger partial charge >= 0.3 is 5.97 Å². The van der Waals surface area contributed by atoms with E-state index in [1.165, 1.54) is 6.92 Å². The van der Waals surface area contributed by atoms with E-state index in [-0.39, 0.29) is 0 Å². The molecule has 0 amide bonds. The summed E-state index contributed by atoms with van der Waals surface area (Å²) in [4.78, 5) is 10.9. The molecular weight excluding hydrogens is 340 g/mol. The quantitative estimate of drug-likeness (QED) is 0.489. The number of carboxylic acids is 1. The highest BCUT2D eigenvalue weighted by atomic mass is 16.5. The van der Waals surface area contributed by atoms with Gasteiger partial charge in [-0.05, 0) is 61.0 Å². The van der Waals surface area contributed by atoms with Crippen LogP contribution in [0.15, 0.2) is 90.0 Å². The lowest BCUT2D eigenvalue weighted by Crippen LogP contribution is -2.22. The van der Waals surface area contributed by atoms with Gasteiger partial charge in [0.2, 0.25) is 0 Å². The molecule has 136 valence electrons. The molecule has 0 heterocycles. The summed E-state index contributed by atoms with van der Waals surface area (Å²) in [6.45, 7) is 1.50. The highest BCUT2D eigenvalue weighted by Crippen LogP contribution is 2.25. The third-order valence-electron chi connectivity index (χ3n) is 3.86. The first-order chi connectivity index (χ1) is 13.1. The number of hydrogen-bond donors (Lipinski definition) is 1. The molecule has 0 aliphatic rings. The van der Waals surface area contributed by atoms with Gasteiger partial charge in [0.15, 0.2) is 6.10 Å². The number of hydrazone groups is 1. The number of ether oxygens (including phenoxy) is 1. The fourth-order valence-corrected chi connectivity index (χ4v) is 2.43. The lowest BCUT2D eigenvalue weighted by atomic mass is 10.2. The smallest absolute Gasteiger partial charge is 0.344 e. The first-order valence-corrected chi connectivity index (χ1v) is 8.57. The number of benzene rings is 3. The average Bonchev–Trinajstić information content (AvgIpc) is 2.71. The van der Waals surface area contributed by atoms with E-state index in [4.69, 9.17) is 9.84 Å². The van der Waals surface area contributed by atoms with Gasteiger partial charge in [0, 0.05) is 0 Å². The zero-order valence-electron chi connectivity index (χ0n) is 14.9. The van der Waals surface area contributed by atoms with Gasteiger partial charge in [-0.15, -0.1) is 0 Å². The van der Waals surface area contributed by atoms with E-state index in [1.54, 1.807) is 18.3 Å². The topological polar surface area (TPSA) is 62.1 Å². The normalized spacial score (nSPS) is 11.9. The van der Waals surface area contributed by atoms with Crippen molar-refractivity contribution in [3.05, 3.63) is 90.5 Å². The van der Waals surface area contributed by atoms with Crippen LogP contribution < -0.4 is 9.75 Å². The van der Waals surface area contributed by atoms with Gasteiger partial charge in [-0.2, -0.15) is 5.10 Å². The van der Waals surface area contributed by atoms with Crippen LogP contribution in [0.25, 0.3) is 0 Å². The largest absolute Gasteiger partial charge is 0.479 e. The molecule has 0 saturated heterocycles. The van der Waals surface area contributed by atoms with Crippen molar-refractivity contribution in [1.29, 1.82) is 0 Å². The van der Waals surface area contributed by atoms with E-state index >= 15 is 0 Å². The second-order valence-electron chi connectivity index (χ2n) is 5.89. The van der Waals surface area contributed by atoms with E-state index in [1.807, 2.05) is 77.8 Å². The lowest BCUT2D eigenvalue weighted by Gasteiger charge is -2.19. The first kappa shape index (κ1) is 18.2. The number of carbonyl (C=O) groups is 1. The molecule has 0 bridgehead atoms. The van der Waals surface area contributed by atoms with E-state index < -0.39 is 12.1 Å². The van der Waals surface area contributed by atoms with E-state index in [2.05, 4.69) is 5.10 Å². The lowest BCUT2D eigenvalue weighted by molar-refractivity contribution is -0.144. The van der Waals surface area contributed by atoms with E-state index in [0.717, 1.165) is 16.9 Å². The molecule has 3 rings (SSSR count). The summed E-state index contributed by atoms with van der Waals surface area (Å²) in [5, 5.41) is 15.4. The summed E-state index contributed by atoms with van der Waals surface area (Å²) in [6, 6.07) is 26.9. The second-order valence-corrected chi connectivity index (χ2v) is 5.89. The SMILES string of the molecule is C[C@@H](Oc1ccc(/C=N\N(c2ccccc2)c2ccccc2)cc1)C(=O)O. The van der Waals surface area contributed by atoms with Crippen LogP contribution in [0.1, 0.15) is 12.5 Å². The number of carboxylic acid groups (broad SMARTS) is 1. The van der Waals surface area contributed by atoms with E-state index in [0.29, 0.717) is 5.75 Å². The molecule has 0 spiro atoms. The predicted octanol–water partition coefficient (Wildman–Crippen LogP) is 4.71. The van der Waals surface area contributed by atoms with Crippen molar-refractivity contribution >= 4 is 23.6 Å². The Morgan fingerprint density at radius 3 is 1.93 bits per heavy atom. The Kier molecular flexibility index (Phi) is 5.84. The van der Waals surface area contributed by atoms with Crippen molar-refractivity contribution in [3.8, 4) is 5.75 Å². The van der Waals surface area contributed by atoms with Crippen molar-refractivity contribution in [2.75, 3.05) is 5.01 Å². The zero-order chi connectivity index (χ0) is 19.1. The Bertz CT molecular complexity index is 854. The molecule has 27 heavy (non-hydrogen) atoms. The van der Waals surface area contributed by atoms with Gasteiger partial charge in [0.1, 0.15) is 5.75 Å². The molecular formula is C22H20N2O3. The minimum absolute atomic E-state index is 0.505. The van der Waals surface area contributed by atoms with Gasteiger partial charge in [-0.25, -0.2) is 9.80 Å². The maximum absolute atomic E-state index is 10.9. The summed E-state index contributed by atoms with van der Waals surface area (Å²) in [5.41, 5.74) is 2.78. The Morgan fingerprint density at radius 1 is 0.926 bits per heavy atom. The number of anilines is 2. The van der Waals surface area contributed by atoms with Gasteiger partial charge in [0.05, 0.1) is 17.6 Å². The highest BCUT2D eigenvalue weighted by Gasteiger charge is 2.12. The standard InChI is InChI=1S/C22H20N2O3/c1-17(22(25)26)27-21-14-12-18(13-15-21)16-23-24(19-8-4-2-5-9-19)20-10-6-3-7-11-20/h2-17H,1H3,(H,25,26)/b23-16-/t17-/m1/s1. The molecule has 0 unspecified atom stereocenters. The maximum Gasteiger partial charge on any atom is 0.344 e. The van der Waals surface area contributed by atoms with Gasteiger partial charge in [0.25, 0.3) is 0 Å². The Hall–Kier alpha value is -3.60. The molecule has 3 aromatic rings. The third-order valence-corrected chi connectivity index (χ3v) is 3.86. The van der Waals surface area contributed by atoms with Crippen molar-refractivity contribution < 1.29 is 14.6 Å². The molecule has 0 radical (unpaired) electrons. The van der Waals surface area contributed by atoms with Gasteiger partial charge < -0.3 is 9.84 Å². The molecule has 0 aliphatic heterocycles. The minimum atomic E-state index is -0.998. The molecule has 0 aromatic heterocycles. The molecule has 5 heteroatoms. The van der Waals surface area contributed by atoms with Crippen molar-refractivity contribution in [3.63, 3.8) is 0 Å². The monoisotopic (exact) mass is 360 g/mol. The fraction of sp³-hybridized carbons (Fsp3) is 0.0909. The summed E-state index contributed by atoms with van der Waals surface area (Å²) in [7, 11) is 0. The van der Waals surface area contributed by atoms with Crippen molar-refractivity contribution in [2.45, 2.75) is 13.0 Å². The van der Waals surface area contributed by atoms with Crippen LogP contribution in [0.4, 0.5) is 11.4 Å². The van der Waals surface area contributed by atoms with Crippen LogP contribution in [0.2, 0.25) is 0 Å².